The van der Waals surface area contributed by atoms with Gasteiger partial charge >= 0.3 is 0 Å². The molecule has 4 heterocycles. The Bertz CT molecular complexity index is 563. The normalized spacial score (nSPS) is 27.0. The van der Waals surface area contributed by atoms with Crippen LogP contribution in [0.2, 0.25) is 0 Å². The Balaban J connectivity index is 0.00000113. The summed E-state index contributed by atoms with van der Waals surface area (Å²) in [6.07, 6.45) is 8.74. The minimum absolute atomic E-state index is 0. The first kappa shape index (κ1) is 20.4. The summed E-state index contributed by atoms with van der Waals surface area (Å²) in [7, 11) is 0. The summed E-state index contributed by atoms with van der Waals surface area (Å²) >= 11 is 0. The molecule has 1 aromatic rings. The predicted molar refractivity (Wildman–Crippen MR) is 101 cm³/mol. The van der Waals surface area contributed by atoms with Crippen molar-refractivity contribution in [3.63, 3.8) is 0 Å². The van der Waals surface area contributed by atoms with Crippen molar-refractivity contribution in [2.75, 3.05) is 26.2 Å². The van der Waals surface area contributed by atoms with Crippen LogP contribution < -0.4 is 10.6 Å². The zero-order valence-corrected chi connectivity index (χ0v) is 16.0. The maximum absolute atomic E-state index is 12.5. The molecule has 3 saturated heterocycles. The van der Waals surface area contributed by atoms with Crippen molar-refractivity contribution >= 4 is 30.7 Å². The highest BCUT2D eigenvalue weighted by atomic mass is 35.5. The Morgan fingerprint density at radius 1 is 1.12 bits per heavy atom. The van der Waals surface area contributed by atoms with E-state index < -0.39 is 0 Å². The molecular formula is C16H28Cl2N6O. The molecule has 0 radical (unpaired) electrons. The number of nitrogens with zero attached hydrogens (tertiary/aromatic N) is 4. The van der Waals surface area contributed by atoms with Gasteiger partial charge < -0.3 is 10.6 Å². The van der Waals surface area contributed by atoms with Crippen LogP contribution in [0.15, 0.2) is 6.20 Å². The zero-order valence-electron chi connectivity index (χ0n) is 14.4. The molecule has 1 aromatic heterocycles. The standard InChI is InChI=1S/C16H26N6O.2ClH/c23-16(18-13-6-10-21-9-2-1-3-15(13)21)14-11-22(20-19-14)12-4-7-17-8-5-12;;/h11-13,15,17H,1-10H2,(H,18,23);2*1H. The van der Waals surface area contributed by atoms with Gasteiger partial charge in [-0.05, 0) is 51.7 Å². The Hall–Kier alpha value is -0.890. The number of nitrogens with one attached hydrogen (secondary N) is 2. The molecule has 7 nitrogen and oxygen atoms in total. The maximum Gasteiger partial charge on any atom is 0.273 e. The summed E-state index contributed by atoms with van der Waals surface area (Å²) in [5.74, 6) is -0.0670. The molecule has 0 spiro atoms. The smallest absolute Gasteiger partial charge is 0.273 e. The van der Waals surface area contributed by atoms with Gasteiger partial charge in [0, 0.05) is 18.6 Å². The van der Waals surface area contributed by atoms with E-state index in [0.29, 0.717) is 17.8 Å². The molecule has 3 aliphatic heterocycles. The number of aromatic nitrogens is 3. The zero-order chi connectivity index (χ0) is 15.6. The molecule has 0 saturated carbocycles. The summed E-state index contributed by atoms with van der Waals surface area (Å²) in [5.41, 5.74) is 0.456. The van der Waals surface area contributed by atoms with Gasteiger partial charge in [0.15, 0.2) is 5.69 Å². The average Bonchev–Trinajstić information content (AvgIpc) is 3.24. The summed E-state index contributed by atoms with van der Waals surface area (Å²) in [5, 5.41) is 14.8. The quantitative estimate of drug-likeness (QED) is 0.815. The summed E-state index contributed by atoms with van der Waals surface area (Å²) in [4.78, 5) is 15.0. The van der Waals surface area contributed by atoms with E-state index in [1.165, 1.54) is 25.8 Å². The lowest BCUT2D eigenvalue weighted by atomic mass is 9.99. The van der Waals surface area contributed by atoms with Crippen LogP contribution in [0.4, 0.5) is 0 Å². The number of amides is 1. The number of carbonyl (C=O) groups is 1. The van der Waals surface area contributed by atoms with Crippen molar-refractivity contribution < 1.29 is 4.79 Å². The Kier molecular flexibility index (Phi) is 7.49. The molecule has 3 fully saturated rings. The minimum atomic E-state index is -0.0670. The fraction of sp³-hybridized carbons (Fsp3) is 0.812. The molecule has 2 N–H and O–H groups in total. The summed E-state index contributed by atoms with van der Waals surface area (Å²) < 4.78 is 1.87. The van der Waals surface area contributed by atoms with Crippen LogP contribution >= 0.6 is 24.8 Å². The number of piperidine rings is 2. The Morgan fingerprint density at radius 3 is 2.72 bits per heavy atom. The molecule has 2 atom stereocenters. The van der Waals surface area contributed by atoms with Crippen molar-refractivity contribution in [1.29, 1.82) is 0 Å². The van der Waals surface area contributed by atoms with Gasteiger partial charge in [-0.15, -0.1) is 29.9 Å². The van der Waals surface area contributed by atoms with E-state index in [9.17, 15) is 4.79 Å². The maximum atomic E-state index is 12.5. The van der Waals surface area contributed by atoms with E-state index in [0.717, 1.165) is 38.9 Å². The van der Waals surface area contributed by atoms with Gasteiger partial charge in [0.05, 0.1) is 12.2 Å². The number of hydrogen-bond donors (Lipinski definition) is 2. The molecular weight excluding hydrogens is 363 g/mol. The number of halogens is 2. The Labute approximate surface area is 161 Å². The lowest BCUT2D eigenvalue weighted by Crippen LogP contribution is -2.46. The van der Waals surface area contributed by atoms with Gasteiger partial charge in [-0.2, -0.15) is 0 Å². The molecule has 142 valence electrons. The third-order valence-corrected chi connectivity index (χ3v) is 5.60. The molecule has 2 unspecified atom stereocenters. The number of hydrogen-bond acceptors (Lipinski definition) is 5. The van der Waals surface area contributed by atoms with Crippen LogP contribution in [0.5, 0.6) is 0 Å². The average molecular weight is 391 g/mol. The Morgan fingerprint density at radius 2 is 1.92 bits per heavy atom. The van der Waals surface area contributed by atoms with Crippen molar-refractivity contribution in [1.82, 2.24) is 30.5 Å². The van der Waals surface area contributed by atoms with Gasteiger partial charge in [0.1, 0.15) is 0 Å². The van der Waals surface area contributed by atoms with Crippen LogP contribution in [-0.2, 0) is 0 Å². The SMILES string of the molecule is Cl.Cl.O=C(NC1CCN2CCCCC12)c1cn(C2CCNCC2)nn1. The van der Waals surface area contributed by atoms with Crippen LogP contribution in [0.1, 0.15) is 55.1 Å². The van der Waals surface area contributed by atoms with E-state index in [1.54, 1.807) is 0 Å². The summed E-state index contributed by atoms with van der Waals surface area (Å²) in [6, 6.07) is 1.16. The predicted octanol–water partition coefficient (Wildman–Crippen LogP) is 1.40. The number of fused-ring (bicyclic) bond motifs is 1. The van der Waals surface area contributed by atoms with Crippen molar-refractivity contribution in [2.24, 2.45) is 0 Å². The fourth-order valence-corrected chi connectivity index (χ4v) is 4.29. The van der Waals surface area contributed by atoms with Crippen LogP contribution in [-0.4, -0.2) is 64.1 Å². The molecule has 0 bridgehead atoms. The molecule has 4 rings (SSSR count). The van der Waals surface area contributed by atoms with E-state index in [1.807, 2.05) is 10.9 Å². The van der Waals surface area contributed by atoms with Crippen LogP contribution in [0.3, 0.4) is 0 Å². The summed E-state index contributed by atoms with van der Waals surface area (Å²) in [6.45, 7) is 4.30. The third-order valence-electron chi connectivity index (χ3n) is 5.60. The second kappa shape index (κ2) is 9.16. The lowest BCUT2D eigenvalue weighted by molar-refractivity contribution is 0.0910. The highest BCUT2D eigenvalue weighted by Crippen LogP contribution is 2.27. The van der Waals surface area contributed by atoms with Gasteiger partial charge in [0.25, 0.3) is 5.91 Å². The first-order valence-electron chi connectivity index (χ1n) is 8.99. The van der Waals surface area contributed by atoms with E-state index in [-0.39, 0.29) is 36.8 Å². The second-order valence-corrected chi connectivity index (χ2v) is 7.03. The van der Waals surface area contributed by atoms with Crippen LogP contribution in [0.25, 0.3) is 0 Å². The van der Waals surface area contributed by atoms with E-state index >= 15 is 0 Å². The minimum Gasteiger partial charge on any atom is -0.346 e. The largest absolute Gasteiger partial charge is 0.346 e. The topological polar surface area (TPSA) is 75.1 Å². The molecule has 0 aliphatic carbocycles. The van der Waals surface area contributed by atoms with Gasteiger partial charge in [-0.25, -0.2) is 4.68 Å². The lowest BCUT2D eigenvalue weighted by Gasteiger charge is -2.32. The fourth-order valence-electron chi connectivity index (χ4n) is 4.29. The molecule has 3 aliphatic rings. The first-order chi connectivity index (χ1) is 11.3. The van der Waals surface area contributed by atoms with Crippen molar-refractivity contribution in [3.05, 3.63) is 11.9 Å². The van der Waals surface area contributed by atoms with Gasteiger partial charge in [-0.1, -0.05) is 11.6 Å². The monoisotopic (exact) mass is 390 g/mol. The molecule has 1 amide bonds. The van der Waals surface area contributed by atoms with Gasteiger partial charge in [-0.3, -0.25) is 9.69 Å². The number of carbonyl (C=O) groups excluding carboxylic acids is 1. The van der Waals surface area contributed by atoms with Crippen LogP contribution in [0, 0.1) is 0 Å². The van der Waals surface area contributed by atoms with E-state index in [2.05, 4.69) is 25.8 Å². The molecule has 25 heavy (non-hydrogen) atoms. The highest BCUT2D eigenvalue weighted by molar-refractivity contribution is 5.92. The molecule has 9 heteroatoms. The van der Waals surface area contributed by atoms with E-state index in [4.69, 9.17) is 0 Å². The number of rotatable bonds is 3. The second-order valence-electron chi connectivity index (χ2n) is 7.03. The van der Waals surface area contributed by atoms with Crippen molar-refractivity contribution in [2.45, 2.75) is 56.7 Å². The third kappa shape index (κ3) is 4.45. The molecule has 0 aromatic carbocycles. The van der Waals surface area contributed by atoms with Crippen molar-refractivity contribution in [3.8, 4) is 0 Å². The first-order valence-corrected chi connectivity index (χ1v) is 8.99. The highest BCUT2D eigenvalue weighted by Gasteiger charge is 2.36. The van der Waals surface area contributed by atoms with Gasteiger partial charge in [0.2, 0.25) is 0 Å².